The fourth-order valence-corrected chi connectivity index (χ4v) is 3.94. The average Bonchev–Trinajstić information content (AvgIpc) is 2.60. The fraction of sp³-hybridized carbons (Fsp3) is 0.316. The predicted octanol–water partition coefficient (Wildman–Crippen LogP) is 3.70. The van der Waals surface area contributed by atoms with E-state index in [0.717, 1.165) is 11.1 Å². The number of methoxy groups -OCH3 is 1. The molecular weight excluding hydrogens is 374 g/mol. The molecule has 0 unspecified atom stereocenters. The minimum atomic E-state index is -3.54. The lowest BCUT2D eigenvalue weighted by molar-refractivity contribution is -0.121. The van der Waals surface area contributed by atoms with Crippen molar-refractivity contribution in [1.29, 1.82) is 0 Å². The lowest BCUT2D eigenvalue weighted by atomic mass is 10.0. The van der Waals surface area contributed by atoms with Gasteiger partial charge >= 0.3 is 0 Å². The van der Waals surface area contributed by atoms with Crippen molar-refractivity contribution in [2.75, 3.05) is 12.9 Å². The largest absolute Gasteiger partial charge is 0.496 e. The number of hydrogen-bond acceptors (Lipinski definition) is 4. The van der Waals surface area contributed by atoms with Crippen LogP contribution in [-0.2, 0) is 14.6 Å². The van der Waals surface area contributed by atoms with Crippen LogP contribution < -0.4 is 10.1 Å². The second-order valence-corrected chi connectivity index (χ2v) is 8.60. The summed E-state index contributed by atoms with van der Waals surface area (Å²) in [4.78, 5) is 12.4. The van der Waals surface area contributed by atoms with Crippen LogP contribution in [0.4, 0.5) is 0 Å². The summed E-state index contributed by atoms with van der Waals surface area (Å²) in [6.45, 7) is 3.79. The Balaban J connectivity index is 2.00. The summed E-state index contributed by atoms with van der Waals surface area (Å²) in [6.07, 6.45) is -0.122. The maximum absolute atomic E-state index is 12.3. The molecule has 0 fully saturated rings. The zero-order valence-corrected chi connectivity index (χ0v) is 16.5. The van der Waals surface area contributed by atoms with Crippen LogP contribution in [0, 0.1) is 6.92 Å². The van der Waals surface area contributed by atoms with Gasteiger partial charge in [0.25, 0.3) is 0 Å². The molecule has 0 aromatic heterocycles. The van der Waals surface area contributed by atoms with Crippen molar-refractivity contribution in [2.45, 2.75) is 31.2 Å². The number of hydrogen-bond donors (Lipinski definition) is 1. The number of amides is 1. The number of carbonyl (C=O) groups is 1. The number of sulfone groups is 1. The first kappa shape index (κ1) is 20.3. The van der Waals surface area contributed by atoms with Crippen molar-refractivity contribution >= 4 is 27.3 Å². The SMILES string of the molecule is COc1ccc(C)cc1[C@@H](C)NC(=O)CCS(=O)(=O)c1ccc(Cl)cc1. The van der Waals surface area contributed by atoms with Crippen LogP contribution in [0.3, 0.4) is 0 Å². The summed E-state index contributed by atoms with van der Waals surface area (Å²) in [5.74, 6) is 0.0776. The van der Waals surface area contributed by atoms with E-state index in [0.29, 0.717) is 10.8 Å². The van der Waals surface area contributed by atoms with Gasteiger partial charge < -0.3 is 10.1 Å². The third-order valence-corrected chi connectivity index (χ3v) is 5.98. The van der Waals surface area contributed by atoms with E-state index in [1.807, 2.05) is 32.0 Å². The van der Waals surface area contributed by atoms with Gasteiger partial charge in [0.05, 0.1) is 23.8 Å². The van der Waals surface area contributed by atoms with Gasteiger partial charge in [-0.1, -0.05) is 29.3 Å². The first-order valence-electron chi connectivity index (χ1n) is 8.15. The Labute approximate surface area is 159 Å². The smallest absolute Gasteiger partial charge is 0.221 e. The van der Waals surface area contributed by atoms with Gasteiger partial charge in [0.15, 0.2) is 9.84 Å². The van der Waals surface area contributed by atoms with Gasteiger partial charge in [0.1, 0.15) is 5.75 Å². The van der Waals surface area contributed by atoms with E-state index >= 15 is 0 Å². The first-order valence-corrected chi connectivity index (χ1v) is 10.2. The van der Waals surface area contributed by atoms with Gasteiger partial charge in [-0.05, 0) is 44.2 Å². The third-order valence-electron chi connectivity index (χ3n) is 4.00. The zero-order valence-electron chi connectivity index (χ0n) is 15.0. The number of carbonyl (C=O) groups excluding carboxylic acids is 1. The fourth-order valence-electron chi connectivity index (χ4n) is 2.57. The highest BCUT2D eigenvalue weighted by Gasteiger charge is 2.19. The average molecular weight is 396 g/mol. The molecule has 0 spiro atoms. The van der Waals surface area contributed by atoms with E-state index in [-0.39, 0.29) is 29.0 Å². The Bertz CT molecular complexity index is 879. The number of benzene rings is 2. The van der Waals surface area contributed by atoms with Gasteiger partial charge in [-0.2, -0.15) is 0 Å². The van der Waals surface area contributed by atoms with Crippen molar-refractivity contribution in [2.24, 2.45) is 0 Å². The number of aryl methyl sites for hydroxylation is 1. The van der Waals surface area contributed by atoms with Crippen LogP contribution in [0.25, 0.3) is 0 Å². The molecule has 2 aromatic rings. The van der Waals surface area contributed by atoms with E-state index in [4.69, 9.17) is 16.3 Å². The van der Waals surface area contributed by atoms with Crippen molar-refractivity contribution in [1.82, 2.24) is 5.32 Å². The molecular formula is C19H22ClNO4S. The maximum atomic E-state index is 12.3. The molecule has 1 atom stereocenters. The minimum Gasteiger partial charge on any atom is -0.496 e. The highest BCUT2D eigenvalue weighted by Crippen LogP contribution is 2.26. The number of halogens is 1. The Morgan fingerprint density at radius 2 is 1.85 bits per heavy atom. The molecule has 0 saturated heterocycles. The molecule has 2 rings (SSSR count). The van der Waals surface area contributed by atoms with Crippen LogP contribution >= 0.6 is 11.6 Å². The highest BCUT2D eigenvalue weighted by molar-refractivity contribution is 7.91. The van der Waals surface area contributed by atoms with Gasteiger partial charge in [0.2, 0.25) is 5.91 Å². The Hall–Kier alpha value is -2.05. The van der Waals surface area contributed by atoms with E-state index in [1.54, 1.807) is 7.11 Å². The molecule has 1 N–H and O–H groups in total. The van der Waals surface area contributed by atoms with Crippen molar-refractivity contribution in [3.63, 3.8) is 0 Å². The van der Waals surface area contributed by atoms with Crippen LogP contribution in [0.2, 0.25) is 5.02 Å². The topological polar surface area (TPSA) is 72.5 Å². The molecule has 0 aliphatic rings. The van der Waals surface area contributed by atoms with Gasteiger partial charge in [-0.15, -0.1) is 0 Å². The Kier molecular flexibility index (Phi) is 6.67. The molecule has 140 valence electrons. The molecule has 0 radical (unpaired) electrons. The molecule has 26 heavy (non-hydrogen) atoms. The van der Waals surface area contributed by atoms with Crippen LogP contribution in [0.15, 0.2) is 47.4 Å². The molecule has 2 aromatic carbocycles. The summed E-state index contributed by atoms with van der Waals surface area (Å²) in [6, 6.07) is 11.3. The summed E-state index contributed by atoms with van der Waals surface area (Å²) in [5, 5.41) is 3.29. The molecule has 7 heteroatoms. The molecule has 1 amide bonds. The van der Waals surface area contributed by atoms with E-state index in [2.05, 4.69) is 5.32 Å². The van der Waals surface area contributed by atoms with E-state index in [9.17, 15) is 13.2 Å². The number of rotatable bonds is 7. The molecule has 0 heterocycles. The van der Waals surface area contributed by atoms with Crippen molar-refractivity contribution < 1.29 is 17.9 Å². The molecule has 0 aliphatic carbocycles. The minimum absolute atomic E-state index is 0.122. The monoisotopic (exact) mass is 395 g/mol. The zero-order chi connectivity index (χ0) is 19.3. The normalized spacial score (nSPS) is 12.5. The number of ether oxygens (including phenoxy) is 1. The molecule has 0 saturated carbocycles. The Morgan fingerprint density at radius 1 is 1.19 bits per heavy atom. The van der Waals surface area contributed by atoms with Crippen LogP contribution in [0.1, 0.15) is 30.5 Å². The second kappa shape index (κ2) is 8.56. The second-order valence-electron chi connectivity index (χ2n) is 6.06. The lowest BCUT2D eigenvalue weighted by Crippen LogP contribution is -2.28. The standard InChI is InChI=1S/C19H22ClNO4S/c1-13-4-9-18(25-3)17(12-13)14(2)21-19(22)10-11-26(23,24)16-7-5-15(20)6-8-16/h4-9,12,14H,10-11H2,1-3H3,(H,21,22)/t14-/m1/s1. The third kappa shape index (κ3) is 5.22. The molecule has 0 bridgehead atoms. The van der Waals surface area contributed by atoms with Crippen LogP contribution in [-0.4, -0.2) is 27.2 Å². The lowest BCUT2D eigenvalue weighted by Gasteiger charge is -2.18. The van der Waals surface area contributed by atoms with Gasteiger partial charge in [0, 0.05) is 17.0 Å². The summed E-state index contributed by atoms with van der Waals surface area (Å²) in [5.41, 5.74) is 1.90. The molecule has 0 aliphatic heterocycles. The van der Waals surface area contributed by atoms with Gasteiger partial charge in [-0.3, -0.25) is 4.79 Å². The van der Waals surface area contributed by atoms with E-state index < -0.39 is 9.84 Å². The first-order chi connectivity index (χ1) is 12.2. The summed E-state index contributed by atoms with van der Waals surface area (Å²) in [7, 11) is -1.97. The van der Waals surface area contributed by atoms with Crippen molar-refractivity contribution in [3.05, 3.63) is 58.6 Å². The van der Waals surface area contributed by atoms with Crippen LogP contribution in [0.5, 0.6) is 5.75 Å². The maximum Gasteiger partial charge on any atom is 0.221 e. The Morgan fingerprint density at radius 3 is 2.46 bits per heavy atom. The quantitative estimate of drug-likeness (QED) is 0.775. The predicted molar refractivity (Wildman–Crippen MR) is 102 cm³/mol. The summed E-state index contributed by atoms with van der Waals surface area (Å²) < 4.78 is 29.9. The van der Waals surface area contributed by atoms with Crippen molar-refractivity contribution in [3.8, 4) is 5.75 Å². The summed E-state index contributed by atoms with van der Waals surface area (Å²) >= 11 is 5.77. The number of nitrogens with one attached hydrogen (secondary N) is 1. The van der Waals surface area contributed by atoms with Gasteiger partial charge in [-0.25, -0.2) is 8.42 Å². The highest BCUT2D eigenvalue weighted by atomic mass is 35.5. The van der Waals surface area contributed by atoms with E-state index in [1.165, 1.54) is 24.3 Å². The molecule has 5 nitrogen and oxygen atoms in total.